The van der Waals surface area contributed by atoms with Crippen LogP contribution in [0.4, 0.5) is 13.2 Å². The van der Waals surface area contributed by atoms with Gasteiger partial charge in [-0.3, -0.25) is 4.79 Å². The molecule has 1 aliphatic carbocycles. The van der Waals surface area contributed by atoms with Crippen LogP contribution in [0.3, 0.4) is 0 Å². The molecule has 3 aromatic rings. The predicted octanol–water partition coefficient (Wildman–Crippen LogP) is 7.67. The highest BCUT2D eigenvalue weighted by atomic mass is 19.1. The van der Waals surface area contributed by atoms with E-state index in [-0.39, 0.29) is 53.2 Å². The van der Waals surface area contributed by atoms with Gasteiger partial charge in [-0.15, -0.1) is 0 Å². The second-order valence-corrected chi connectivity index (χ2v) is 10.2. The van der Waals surface area contributed by atoms with Crippen LogP contribution in [0, 0.1) is 22.9 Å². The van der Waals surface area contributed by atoms with Crippen LogP contribution < -0.4 is 9.47 Å². The average Bonchev–Trinajstić information content (AvgIpc) is 3.22. The fourth-order valence-corrected chi connectivity index (χ4v) is 5.27. The first-order valence-corrected chi connectivity index (χ1v) is 12.4. The van der Waals surface area contributed by atoms with Gasteiger partial charge >= 0.3 is 5.97 Å². The number of aryl methyl sites for hydroxylation is 1. The summed E-state index contributed by atoms with van der Waals surface area (Å²) in [6.07, 6.45) is 2.70. The first-order valence-electron chi connectivity index (χ1n) is 12.4. The number of benzene rings is 3. The van der Waals surface area contributed by atoms with Gasteiger partial charge in [0, 0.05) is 17.5 Å². The minimum Gasteiger partial charge on any atom is -0.497 e. The van der Waals surface area contributed by atoms with Crippen molar-refractivity contribution in [2.75, 3.05) is 7.11 Å². The summed E-state index contributed by atoms with van der Waals surface area (Å²) in [5.41, 5.74) is 1.95. The first kappa shape index (κ1) is 26.6. The number of methoxy groups -OCH3 is 1. The lowest BCUT2D eigenvalue weighted by Gasteiger charge is -2.30. The molecule has 4 rings (SSSR count). The molecule has 0 aromatic heterocycles. The summed E-state index contributed by atoms with van der Waals surface area (Å²) in [5.74, 6) is -2.27. The summed E-state index contributed by atoms with van der Waals surface area (Å²) in [4.78, 5) is 10.9. The highest BCUT2D eigenvalue weighted by Crippen LogP contribution is 2.51. The Kier molecular flexibility index (Phi) is 7.81. The summed E-state index contributed by atoms with van der Waals surface area (Å²) >= 11 is 0. The summed E-state index contributed by atoms with van der Waals surface area (Å²) < 4.78 is 56.2. The number of hydrogen-bond acceptors (Lipinski definition) is 3. The highest BCUT2D eigenvalue weighted by molar-refractivity contribution is 5.71. The van der Waals surface area contributed by atoms with Crippen LogP contribution in [0.15, 0.2) is 48.5 Å². The Balaban J connectivity index is 1.71. The van der Waals surface area contributed by atoms with Crippen molar-refractivity contribution in [3.8, 4) is 22.6 Å². The van der Waals surface area contributed by atoms with Crippen molar-refractivity contribution in [3.05, 3.63) is 82.7 Å². The number of halogens is 3. The molecule has 1 atom stereocenters. The van der Waals surface area contributed by atoms with Crippen LogP contribution in [0.2, 0.25) is 0 Å². The lowest BCUT2D eigenvalue weighted by atomic mass is 9.75. The molecule has 0 radical (unpaired) electrons. The number of carboxylic acids is 1. The third kappa shape index (κ3) is 5.76. The molecule has 1 aliphatic rings. The van der Waals surface area contributed by atoms with Crippen LogP contribution in [-0.4, -0.2) is 18.2 Å². The number of carboxylic acid groups (broad SMARTS) is 1. The van der Waals surface area contributed by atoms with Crippen molar-refractivity contribution in [3.63, 3.8) is 0 Å². The molecule has 1 fully saturated rings. The van der Waals surface area contributed by atoms with Gasteiger partial charge in [-0.25, -0.2) is 13.2 Å². The molecule has 3 aromatic carbocycles. The standard InChI is InChI=1S/C30H31F3O4/c1-30(2)13-5-7-24(30)22-14-19(17-37-27-8-4-6-18(29(27)33)9-12-28(34)35)26(32)16-21(22)23-15-20(36-3)10-11-25(23)31/h4,6,8,10-11,14-16,24H,5,7,9,12-13,17H2,1-3H3,(H,34,35). The van der Waals surface area contributed by atoms with E-state index in [9.17, 15) is 13.6 Å². The van der Waals surface area contributed by atoms with Crippen molar-refractivity contribution in [1.82, 2.24) is 0 Å². The molecule has 37 heavy (non-hydrogen) atoms. The van der Waals surface area contributed by atoms with Gasteiger partial charge in [0.25, 0.3) is 0 Å². The number of hydrogen-bond donors (Lipinski definition) is 1. The van der Waals surface area contributed by atoms with Gasteiger partial charge in [0.15, 0.2) is 11.6 Å². The Morgan fingerprint density at radius 1 is 1.03 bits per heavy atom. The third-order valence-electron chi connectivity index (χ3n) is 7.35. The zero-order valence-corrected chi connectivity index (χ0v) is 21.2. The van der Waals surface area contributed by atoms with E-state index in [1.54, 1.807) is 18.2 Å². The predicted molar refractivity (Wildman–Crippen MR) is 135 cm³/mol. The Labute approximate surface area is 215 Å². The second kappa shape index (κ2) is 10.9. The smallest absolute Gasteiger partial charge is 0.303 e. The molecule has 1 N–H and O–H groups in total. The minimum absolute atomic E-state index is 0.0223. The summed E-state index contributed by atoms with van der Waals surface area (Å²) in [6, 6.07) is 12.0. The van der Waals surface area contributed by atoms with Crippen molar-refractivity contribution < 1.29 is 32.5 Å². The van der Waals surface area contributed by atoms with E-state index in [4.69, 9.17) is 14.6 Å². The Morgan fingerprint density at radius 3 is 2.49 bits per heavy atom. The van der Waals surface area contributed by atoms with Crippen LogP contribution in [-0.2, 0) is 17.8 Å². The topological polar surface area (TPSA) is 55.8 Å². The van der Waals surface area contributed by atoms with Gasteiger partial charge in [0.2, 0.25) is 0 Å². The van der Waals surface area contributed by atoms with Gasteiger partial charge in [-0.05, 0) is 83.7 Å². The Bertz CT molecular complexity index is 1300. The monoisotopic (exact) mass is 512 g/mol. The van der Waals surface area contributed by atoms with Crippen molar-refractivity contribution >= 4 is 5.97 Å². The molecule has 0 aliphatic heterocycles. The maximum Gasteiger partial charge on any atom is 0.303 e. The number of aliphatic carboxylic acids is 1. The molecule has 0 spiro atoms. The van der Waals surface area contributed by atoms with Crippen LogP contribution in [0.5, 0.6) is 11.5 Å². The average molecular weight is 513 g/mol. The number of ether oxygens (including phenoxy) is 2. The van der Waals surface area contributed by atoms with Crippen LogP contribution in [0.1, 0.15) is 62.1 Å². The van der Waals surface area contributed by atoms with E-state index in [1.165, 1.54) is 37.4 Å². The van der Waals surface area contributed by atoms with E-state index in [0.29, 0.717) is 11.3 Å². The van der Waals surface area contributed by atoms with E-state index in [2.05, 4.69) is 13.8 Å². The molecule has 0 bridgehead atoms. The number of carbonyl (C=O) groups is 1. The normalized spacial score (nSPS) is 16.5. The van der Waals surface area contributed by atoms with Gasteiger partial charge in [0.1, 0.15) is 24.0 Å². The molecular formula is C30H31F3O4. The molecule has 7 heteroatoms. The molecule has 0 heterocycles. The summed E-state index contributed by atoms with van der Waals surface area (Å²) in [7, 11) is 1.49. The maximum absolute atomic E-state index is 15.4. The third-order valence-corrected chi connectivity index (χ3v) is 7.35. The van der Waals surface area contributed by atoms with Gasteiger partial charge < -0.3 is 14.6 Å². The second-order valence-electron chi connectivity index (χ2n) is 10.2. The Hall–Kier alpha value is -3.48. The van der Waals surface area contributed by atoms with Gasteiger partial charge in [0.05, 0.1) is 7.11 Å². The van der Waals surface area contributed by atoms with Crippen molar-refractivity contribution in [2.24, 2.45) is 5.41 Å². The van der Waals surface area contributed by atoms with E-state index in [0.717, 1.165) is 24.8 Å². The molecule has 196 valence electrons. The minimum atomic E-state index is -1.03. The van der Waals surface area contributed by atoms with Crippen molar-refractivity contribution in [1.29, 1.82) is 0 Å². The quantitative estimate of drug-likeness (QED) is 0.320. The lowest BCUT2D eigenvalue weighted by Crippen LogP contribution is -2.17. The zero-order chi connectivity index (χ0) is 26.7. The van der Waals surface area contributed by atoms with Gasteiger partial charge in [-0.1, -0.05) is 32.4 Å². The van der Waals surface area contributed by atoms with Crippen molar-refractivity contribution in [2.45, 2.75) is 58.5 Å². The highest BCUT2D eigenvalue weighted by Gasteiger charge is 2.37. The van der Waals surface area contributed by atoms with Crippen LogP contribution >= 0.6 is 0 Å². The molecule has 1 unspecified atom stereocenters. The fraction of sp³-hybridized carbons (Fsp3) is 0.367. The Morgan fingerprint density at radius 2 is 1.81 bits per heavy atom. The van der Waals surface area contributed by atoms with E-state index < -0.39 is 23.4 Å². The van der Waals surface area contributed by atoms with E-state index >= 15 is 4.39 Å². The zero-order valence-electron chi connectivity index (χ0n) is 21.2. The first-order chi connectivity index (χ1) is 17.6. The molecule has 0 amide bonds. The molecule has 4 nitrogen and oxygen atoms in total. The SMILES string of the molecule is COc1ccc(F)c(-c2cc(F)c(COc3cccc(CCC(=O)O)c3F)cc2C2CCCC2(C)C)c1. The maximum atomic E-state index is 15.4. The fourth-order valence-electron chi connectivity index (χ4n) is 5.27. The lowest BCUT2D eigenvalue weighted by molar-refractivity contribution is -0.136. The van der Waals surface area contributed by atoms with Crippen LogP contribution in [0.25, 0.3) is 11.1 Å². The summed E-state index contributed by atoms with van der Waals surface area (Å²) in [5, 5.41) is 8.90. The largest absolute Gasteiger partial charge is 0.497 e. The molecular weight excluding hydrogens is 481 g/mol. The van der Waals surface area contributed by atoms with Gasteiger partial charge in [-0.2, -0.15) is 0 Å². The molecule has 0 saturated heterocycles. The molecule has 1 saturated carbocycles. The van der Waals surface area contributed by atoms with E-state index in [1.807, 2.05) is 0 Å². The summed E-state index contributed by atoms with van der Waals surface area (Å²) in [6.45, 7) is 4.09. The number of rotatable bonds is 9.